The van der Waals surface area contributed by atoms with E-state index in [9.17, 15) is 4.79 Å². The Bertz CT molecular complexity index is 508. The first-order valence-corrected chi connectivity index (χ1v) is 9.75. The predicted octanol–water partition coefficient (Wildman–Crippen LogP) is 3.92. The third-order valence-electron chi connectivity index (χ3n) is 5.97. The van der Waals surface area contributed by atoms with Gasteiger partial charge in [0, 0.05) is 19.5 Å². The van der Waals surface area contributed by atoms with Crippen molar-refractivity contribution >= 4 is 18.3 Å². The standard InChI is InChI=1S/C21H32N2O.ClH/c1-17(20-8-5-11-22-16-20)14-21(24)23-12-9-19(10-13-23)15-18-6-3-2-4-7-18;/h2-4,6-7,17,19-20,22H,5,8-16H2,1H3;1H. The predicted molar refractivity (Wildman–Crippen MR) is 106 cm³/mol. The maximum atomic E-state index is 12.6. The van der Waals surface area contributed by atoms with E-state index in [0.717, 1.165) is 57.8 Å². The number of hydrogen-bond donors (Lipinski definition) is 1. The Hall–Kier alpha value is -1.06. The number of rotatable bonds is 5. The van der Waals surface area contributed by atoms with Crippen LogP contribution in [0.25, 0.3) is 0 Å². The van der Waals surface area contributed by atoms with Gasteiger partial charge in [0.1, 0.15) is 0 Å². The van der Waals surface area contributed by atoms with Crippen LogP contribution in [-0.4, -0.2) is 37.0 Å². The van der Waals surface area contributed by atoms with Crippen molar-refractivity contribution in [1.29, 1.82) is 0 Å². The Balaban J connectivity index is 0.00000225. The van der Waals surface area contributed by atoms with Crippen LogP contribution in [0.3, 0.4) is 0 Å². The largest absolute Gasteiger partial charge is 0.343 e. The third kappa shape index (κ3) is 6.00. The van der Waals surface area contributed by atoms with Gasteiger partial charge in [0.05, 0.1) is 0 Å². The molecular weight excluding hydrogens is 332 g/mol. The SMILES string of the molecule is CC(CC(=O)N1CCC(Cc2ccccc2)CC1)C1CCCNC1.Cl. The highest BCUT2D eigenvalue weighted by molar-refractivity contribution is 5.85. The van der Waals surface area contributed by atoms with Crippen molar-refractivity contribution in [1.82, 2.24) is 10.2 Å². The van der Waals surface area contributed by atoms with Crippen LogP contribution in [0.4, 0.5) is 0 Å². The first kappa shape index (κ1) is 20.3. The molecule has 0 radical (unpaired) electrons. The van der Waals surface area contributed by atoms with Gasteiger partial charge in [-0.3, -0.25) is 4.79 Å². The number of nitrogens with zero attached hydrogens (tertiary/aromatic N) is 1. The minimum Gasteiger partial charge on any atom is -0.343 e. The number of carbonyl (C=O) groups excluding carboxylic acids is 1. The van der Waals surface area contributed by atoms with Gasteiger partial charge < -0.3 is 10.2 Å². The topological polar surface area (TPSA) is 32.3 Å². The lowest BCUT2D eigenvalue weighted by molar-refractivity contribution is -0.133. The molecule has 0 aromatic heterocycles. The van der Waals surface area contributed by atoms with E-state index in [1.54, 1.807) is 0 Å². The molecule has 0 spiro atoms. The van der Waals surface area contributed by atoms with E-state index < -0.39 is 0 Å². The van der Waals surface area contributed by atoms with Crippen molar-refractivity contribution in [2.45, 2.75) is 45.4 Å². The van der Waals surface area contributed by atoms with Gasteiger partial charge in [0.25, 0.3) is 0 Å². The van der Waals surface area contributed by atoms with Crippen molar-refractivity contribution in [3.8, 4) is 0 Å². The summed E-state index contributed by atoms with van der Waals surface area (Å²) < 4.78 is 0. The normalized spacial score (nSPS) is 22.9. The fraction of sp³-hybridized carbons (Fsp3) is 0.667. The van der Waals surface area contributed by atoms with E-state index in [1.807, 2.05) is 0 Å². The molecule has 1 N–H and O–H groups in total. The van der Waals surface area contributed by atoms with Crippen LogP contribution in [0.2, 0.25) is 0 Å². The molecule has 2 atom stereocenters. The number of piperidine rings is 2. The van der Waals surface area contributed by atoms with Gasteiger partial charge in [-0.1, -0.05) is 37.3 Å². The molecule has 0 saturated carbocycles. The van der Waals surface area contributed by atoms with Crippen molar-refractivity contribution in [3.63, 3.8) is 0 Å². The van der Waals surface area contributed by atoms with Crippen LogP contribution in [0, 0.1) is 17.8 Å². The quantitative estimate of drug-likeness (QED) is 0.858. The first-order chi connectivity index (χ1) is 11.7. The molecule has 0 aliphatic carbocycles. The van der Waals surface area contributed by atoms with E-state index in [2.05, 4.69) is 47.5 Å². The van der Waals surface area contributed by atoms with Crippen molar-refractivity contribution in [2.24, 2.45) is 17.8 Å². The summed E-state index contributed by atoms with van der Waals surface area (Å²) in [6.07, 6.45) is 6.73. The number of amides is 1. The highest BCUT2D eigenvalue weighted by Crippen LogP contribution is 2.26. The Morgan fingerprint density at radius 2 is 1.92 bits per heavy atom. The Morgan fingerprint density at radius 3 is 2.56 bits per heavy atom. The second-order valence-corrected chi connectivity index (χ2v) is 7.80. The summed E-state index contributed by atoms with van der Waals surface area (Å²) in [4.78, 5) is 14.7. The van der Waals surface area contributed by atoms with Gasteiger partial charge in [0.15, 0.2) is 0 Å². The van der Waals surface area contributed by atoms with Crippen LogP contribution in [0.5, 0.6) is 0 Å². The third-order valence-corrected chi connectivity index (χ3v) is 5.97. The van der Waals surface area contributed by atoms with Gasteiger partial charge >= 0.3 is 0 Å². The maximum Gasteiger partial charge on any atom is 0.222 e. The van der Waals surface area contributed by atoms with Crippen molar-refractivity contribution < 1.29 is 4.79 Å². The molecule has 2 unspecified atom stereocenters. The number of likely N-dealkylation sites (tertiary alicyclic amines) is 1. The van der Waals surface area contributed by atoms with Gasteiger partial charge in [-0.25, -0.2) is 0 Å². The molecular formula is C21H33ClN2O. The van der Waals surface area contributed by atoms with Crippen molar-refractivity contribution in [3.05, 3.63) is 35.9 Å². The number of hydrogen-bond acceptors (Lipinski definition) is 2. The summed E-state index contributed by atoms with van der Waals surface area (Å²) in [7, 11) is 0. The molecule has 3 rings (SSSR count). The summed E-state index contributed by atoms with van der Waals surface area (Å²) >= 11 is 0. The molecule has 2 aliphatic heterocycles. The number of halogens is 1. The molecule has 0 bridgehead atoms. The van der Waals surface area contributed by atoms with Crippen molar-refractivity contribution in [2.75, 3.05) is 26.2 Å². The summed E-state index contributed by atoms with van der Waals surface area (Å²) in [6.45, 7) is 6.40. The Labute approximate surface area is 159 Å². The zero-order chi connectivity index (χ0) is 16.8. The number of benzene rings is 1. The zero-order valence-corrected chi connectivity index (χ0v) is 16.3. The Morgan fingerprint density at radius 1 is 1.20 bits per heavy atom. The lowest BCUT2D eigenvalue weighted by Gasteiger charge is -2.34. The first-order valence-electron chi connectivity index (χ1n) is 9.75. The average molecular weight is 365 g/mol. The van der Waals surface area contributed by atoms with Gasteiger partial charge in [0.2, 0.25) is 5.91 Å². The second-order valence-electron chi connectivity index (χ2n) is 7.80. The van der Waals surface area contributed by atoms with E-state index in [0.29, 0.717) is 17.7 Å². The fourth-order valence-electron chi connectivity index (χ4n) is 4.27. The molecule has 140 valence electrons. The van der Waals surface area contributed by atoms with Crippen LogP contribution in [0.1, 0.15) is 44.6 Å². The van der Waals surface area contributed by atoms with Crippen LogP contribution >= 0.6 is 12.4 Å². The number of carbonyl (C=O) groups is 1. The lowest BCUT2D eigenvalue weighted by atomic mass is 9.84. The van der Waals surface area contributed by atoms with E-state index in [4.69, 9.17) is 0 Å². The molecule has 2 saturated heterocycles. The smallest absolute Gasteiger partial charge is 0.222 e. The van der Waals surface area contributed by atoms with Crippen LogP contribution in [0.15, 0.2) is 30.3 Å². The minimum absolute atomic E-state index is 0. The molecule has 1 amide bonds. The molecule has 4 heteroatoms. The Kier molecular flexibility index (Phi) is 8.25. The highest BCUT2D eigenvalue weighted by atomic mass is 35.5. The zero-order valence-electron chi connectivity index (χ0n) is 15.5. The lowest BCUT2D eigenvalue weighted by Crippen LogP contribution is -2.41. The molecule has 1 aromatic rings. The monoisotopic (exact) mass is 364 g/mol. The average Bonchev–Trinajstić information content (AvgIpc) is 2.64. The van der Waals surface area contributed by atoms with Crippen LogP contribution < -0.4 is 5.32 Å². The molecule has 2 aliphatic rings. The van der Waals surface area contributed by atoms with Gasteiger partial charge in [-0.05, 0) is 68.5 Å². The van der Waals surface area contributed by atoms with E-state index in [-0.39, 0.29) is 12.4 Å². The molecule has 25 heavy (non-hydrogen) atoms. The fourth-order valence-corrected chi connectivity index (χ4v) is 4.27. The maximum absolute atomic E-state index is 12.6. The number of nitrogens with one attached hydrogen (secondary N) is 1. The van der Waals surface area contributed by atoms with Gasteiger partial charge in [-0.2, -0.15) is 0 Å². The van der Waals surface area contributed by atoms with Gasteiger partial charge in [-0.15, -0.1) is 12.4 Å². The van der Waals surface area contributed by atoms with Crippen LogP contribution in [-0.2, 0) is 11.2 Å². The molecule has 1 aromatic carbocycles. The summed E-state index contributed by atoms with van der Waals surface area (Å²) in [6, 6.07) is 10.8. The summed E-state index contributed by atoms with van der Waals surface area (Å²) in [5, 5.41) is 3.47. The van der Waals surface area contributed by atoms with E-state index >= 15 is 0 Å². The summed E-state index contributed by atoms with van der Waals surface area (Å²) in [5.74, 6) is 2.30. The highest BCUT2D eigenvalue weighted by Gasteiger charge is 2.27. The minimum atomic E-state index is 0. The molecule has 3 nitrogen and oxygen atoms in total. The second kappa shape index (κ2) is 10.2. The summed E-state index contributed by atoms with van der Waals surface area (Å²) in [5.41, 5.74) is 1.43. The van der Waals surface area contributed by atoms with E-state index in [1.165, 1.54) is 18.4 Å². The molecule has 2 fully saturated rings. The molecule has 2 heterocycles.